The summed E-state index contributed by atoms with van der Waals surface area (Å²) in [7, 11) is 0. The number of rotatable bonds is 2. The molecule has 1 aliphatic rings. The van der Waals surface area contributed by atoms with Crippen LogP contribution in [0.2, 0.25) is 0 Å². The van der Waals surface area contributed by atoms with Crippen molar-refractivity contribution < 1.29 is 0 Å². The van der Waals surface area contributed by atoms with Crippen LogP contribution in [0, 0.1) is 12.8 Å². The molecule has 1 rings (SSSR count). The fourth-order valence-electron chi connectivity index (χ4n) is 1.41. The summed E-state index contributed by atoms with van der Waals surface area (Å²) in [6.45, 7) is 9.94. The number of hydrogen-bond acceptors (Lipinski definition) is 1. The average Bonchev–Trinajstić information content (AvgIpc) is 2.15. The lowest BCUT2D eigenvalue weighted by Crippen LogP contribution is -2.23. The molecule has 1 atom stereocenters. The largest absolute Gasteiger partial charge is 0.303 e. The van der Waals surface area contributed by atoms with Crippen molar-refractivity contribution in [1.82, 2.24) is 4.90 Å². The van der Waals surface area contributed by atoms with E-state index in [4.69, 9.17) is 0 Å². The normalized spacial score (nSPS) is 21.7. The van der Waals surface area contributed by atoms with E-state index in [1.807, 2.05) is 0 Å². The van der Waals surface area contributed by atoms with Gasteiger partial charge < -0.3 is 4.90 Å². The van der Waals surface area contributed by atoms with Crippen molar-refractivity contribution >= 4 is 0 Å². The van der Waals surface area contributed by atoms with Crippen LogP contribution in [0.15, 0.2) is 0 Å². The zero-order valence-corrected chi connectivity index (χ0v) is 6.27. The smallest absolute Gasteiger partial charge is 0.000702 e. The molecule has 9 heavy (non-hydrogen) atoms. The highest BCUT2D eigenvalue weighted by molar-refractivity contribution is 4.69. The Labute approximate surface area is 58.0 Å². The minimum atomic E-state index is 0.600. The maximum Gasteiger partial charge on any atom is 0.000702 e. The zero-order chi connectivity index (χ0) is 6.69. The lowest BCUT2D eigenvalue weighted by atomic mass is 10.2. The van der Waals surface area contributed by atoms with Crippen molar-refractivity contribution in [2.75, 3.05) is 19.6 Å². The molecular formula is C8H16N. The highest BCUT2D eigenvalue weighted by Gasteiger charge is 2.11. The number of hydrogen-bond donors (Lipinski definition) is 0. The summed E-state index contributed by atoms with van der Waals surface area (Å²) in [6.07, 6.45) is 2.79. The summed E-state index contributed by atoms with van der Waals surface area (Å²) in [5, 5.41) is 0. The van der Waals surface area contributed by atoms with Crippen molar-refractivity contribution in [3.05, 3.63) is 6.92 Å². The van der Waals surface area contributed by atoms with Crippen molar-refractivity contribution in [1.29, 1.82) is 0 Å². The Bertz CT molecular complexity index is 72.6. The molecule has 1 heterocycles. The Balaban J connectivity index is 2.11. The molecule has 1 nitrogen and oxygen atoms in total. The first-order valence-electron chi connectivity index (χ1n) is 3.84. The van der Waals surface area contributed by atoms with Gasteiger partial charge in [-0.05, 0) is 38.8 Å². The molecule has 0 bridgehead atoms. The van der Waals surface area contributed by atoms with Crippen LogP contribution in [0.4, 0.5) is 0 Å². The van der Waals surface area contributed by atoms with Crippen LogP contribution in [0.1, 0.15) is 19.8 Å². The molecule has 1 aliphatic heterocycles. The van der Waals surface area contributed by atoms with E-state index in [-0.39, 0.29) is 0 Å². The number of likely N-dealkylation sites (tertiary alicyclic amines) is 1. The lowest BCUT2D eigenvalue weighted by molar-refractivity contribution is 0.310. The monoisotopic (exact) mass is 126 g/mol. The molecule has 0 aromatic heterocycles. The van der Waals surface area contributed by atoms with Crippen LogP contribution in [-0.2, 0) is 0 Å². The SMILES string of the molecule is [CH2]C(C)CN1CCCC1. The van der Waals surface area contributed by atoms with E-state index >= 15 is 0 Å². The second kappa shape index (κ2) is 3.21. The Morgan fingerprint density at radius 1 is 1.44 bits per heavy atom. The molecule has 0 aromatic rings. The molecular weight excluding hydrogens is 110 g/mol. The first-order valence-corrected chi connectivity index (χ1v) is 3.84. The van der Waals surface area contributed by atoms with E-state index in [0.29, 0.717) is 5.92 Å². The van der Waals surface area contributed by atoms with E-state index < -0.39 is 0 Å². The molecule has 0 aliphatic carbocycles. The van der Waals surface area contributed by atoms with Crippen molar-refractivity contribution in [3.8, 4) is 0 Å². The molecule has 1 saturated heterocycles. The molecule has 1 radical (unpaired) electrons. The van der Waals surface area contributed by atoms with E-state index in [1.54, 1.807) is 0 Å². The third-order valence-electron chi connectivity index (χ3n) is 1.77. The Morgan fingerprint density at radius 2 is 2.00 bits per heavy atom. The lowest BCUT2D eigenvalue weighted by Gasteiger charge is -2.16. The van der Waals surface area contributed by atoms with Gasteiger partial charge in [0.1, 0.15) is 0 Å². The van der Waals surface area contributed by atoms with Crippen LogP contribution >= 0.6 is 0 Å². The van der Waals surface area contributed by atoms with Crippen LogP contribution in [0.3, 0.4) is 0 Å². The van der Waals surface area contributed by atoms with Gasteiger partial charge in [0.25, 0.3) is 0 Å². The van der Waals surface area contributed by atoms with Crippen molar-refractivity contribution in [2.24, 2.45) is 5.92 Å². The van der Waals surface area contributed by atoms with Crippen LogP contribution < -0.4 is 0 Å². The summed E-state index contributed by atoms with van der Waals surface area (Å²) in [4.78, 5) is 2.50. The van der Waals surface area contributed by atoms with Crippen LogP contribution in [-0.4, -0.2) is 24.5 Å². The second-order valence-electron chi connectivity index (χ2n) is 3.11. The quantitative estimate of drug-likeness (QED) is 0.542. The van der Waals surface area contributed by atoms with Gasteiger partial charge in [0.05, 0.1) is 0 Å². The van der Waals surface area contributed by atoms with Gasteiger partial charge in [0.2, 0.25) is 0 Å². The van der Waals surface area contributed by atoms with E-state index in [2.05, 4.69) is 18.7 Å². The molecule has 0 spiro atoms. The van der Waals surface area contributed by atoms with E-state index in [0.717, 1.165) is 0 Å². The second-order valence-corrected chi connectivity index (χ2v) is 3.11. The molecule has 1 heteroatoms. The number of nitrogens with zero attached hydrogens (tertiary/aromatic N) is 1. The maximum absolute atomic E-state index is 3.96. The molecule has 0 aromatic carbocycles. The molecule has 1 fully saturated rings. The van der Waals surface area contributed by atoms with Crippen LogP contribution in [0.25, 0.3) is 0 Å². The van der Waals surface area contributed by atoms with Gasteiger partial charge in [0, 0.05) is 6.54 Å². The van der Waals surface area contributed by atoms with Gasteiger partial charge in [-0.1, -0.05) is 6.92 Å². The van der Waals surface area contributed by atoms with Gasteiger partial charge in [-0.25, -0.2) is 0 Å². The molecule has 0 N–H and O–H groups in total. The maximum atomic E-state index is 3.96. The Morgan fingerprint density at radius 3 is 2.44 bits per heavy atom. The van der Waals surface area contributed by atoms with E-state index in [9.17, 15) is 0 Å². The van der Waals surface area contributed by atoms with Gasteiger partial charge in [-0.3, -0.25) is 0 Å². The summed E-state index contributed by atoms with van der Waals surface area (Å²) in [6, 6.07) is 0. The van der Waals surface area contributed by atoms with Gasteiger partial charge in [-0.2, -0.15) is 0 Å². The average molecular weight is 126 g/mol. The van der Waals surface area contributed by atoms with E-state index in [1.165, 1.54) is 32.5 Å². The fraction of sp³-hybridized carbons (Fsp3) is 0.875. The summed E-state index contributed by atoms with van der Waals surface area (Å²) >= 11 is 0. The molecule has 0 saturated carbocycles. The molecule has 1 unspecified atom stereocenters. The summed E-state index contributed by atoms with van der Waals surface area (Å²) < 4.78 is 0. The first-order chi connectivity index (χ1) is 4.29. The van der Waals surface area contributed by atoms with Crippen LogP contribution in [0.5, 0.6) is 0 Å². The van der Waals surface area contributed by atoms with Gasteiger partial charge >= 0.3 is 0 Å². The topological polar surface area (TPSA) is 3.24 Å². The minimum Gasteiger partial charge on any atom is -0.303 e. The first kappa shape index (κ1) is 7.07. The standard InChI is InChI=1S/C8H16N/c1-8(2)7-9-5-3-4-6-9/h8H,1,3-7H2,2H3. The Kier molecular flexibility index (Phi) is 2.52. The third kappa shape index (κ3) is 2.35. The Hall–Kier alpha value is -0.0400. The summed E-state index contributed by atoms with van der Waals surface area (Å²) in [5.41, 5.74) is 0. The fourth-order valence-corrected chi connectivity index (χ4v) is 1.41. The highest BCUT2D eigenvalue weighted by Crippen LogP contribution is 2.08. The predicted octanol–water partition coefficient (Wildman–Crippen LogP) is 1.55. The van der Waals surface area contributed by atoms with Crippen molar-refractivity contribution in [2.45, 2.75) is 19.8 Å². The van der Waals surface area contributed by atoms with Gasteiger partial charge in [0.15, 0.2) is 0 Å². The molecule has 53 valence electrons. The summed E-state index contributed by atoms with van der Waals surface area (Å²) in [5.74, 6) is 0.600. The predicted molar refractivity (Wildman–Crippen MR) is 40.2 cm³/mol. The van der Waals surface area contributed by atoms with Crippen molar-refractivity contribution in [3.63, 3.8) is 0 Å². The highest BCUT2D eigenvalue weighted by atomic mass is 15.1. The minimum absolute atomic E-state index is 0.600. The zero-order valence-electron chi connectivity index (χ0n) is 6.27. The van der Waals surface area contributed by atoms with Gasteiger partial charge in [-0.15, -0.1) is 0 Å². The molecule has 0 amide bonds. The third-order valence-corrected chi connectivity index (χ3v) is 1.77.